The van der Waals surface area contributed by atoms with E-state index >= 15 is 0 Å². The highest BCUT2D eigenvalue weighted by Crippen LogP contribution is 2.43. The number of aryl methyl sites for hydroxylation is 1. The monoisotopic (exact) mass is 283 g/mol. The molecule has 2 bridgehead atoms. The van der Waals surface area contributed by atoms with Gasteiger partial charge in [-0.25, -0.2) is 0 Å². The van der Waals surface area contributed by atoms with Crippen LogP contribution in [0.2, 0.25) is 0 Å². The first-order valence-corrected chi connectivity index (χ1v) is 8.27. The van der Waals surface area contributed by atoms with E-state index in [9.17, 15) is 0 Å². The minimum atomic E-state index is 0.495. The molecule has 3 saturated heterocycles. The molecule has 2 unspecified atom stereocenters. The van der Waals surface area contributed by atoms with Gasteiger partial charge in [0.05, 0.1) is 0 Å². The minimum Gasteiger partial charge on any atom is -0.358 e. The Morgan fingerprint density at radius 3 is 2.71 bits per heavy atom. The van der Waals surface area contributed by atoms with E-state index in [1.54, 1.807) is 0 Å². The van der Waals surface area contributed by atoms with Crippen molar-refractivity contribution in [1.82, 2.24) is 9.88 Å². The molecule has 2 atom stereocenters. The second-order valence-corrected chi connectivity index (χ2v) is 6.85. The van der Waals surface area contributed by atoms with Gasteiger partial charge in [-0.1, -0.05) is 18.2 Å². The summed E-state index contributed by atoms with van der Waals surface area (Å²) in [5.74, 6) is 2.10. The third-order valence-electron chi connectivity index (χ3n) is 5.79. The van der Waals surface area contributed by atoms with E-state index in [0.717, 1.165) is 18.4 Å². The third-order valence-corrected chi connectivity index (χ3v) is 5.79. The lowest BCUT2D eigenvalue weighted by Crippen LogP contribution is -2.50. The number of H-pyrrole nitrogens is 1. The van der Waals surface area contributed by atoms with E-state index in [1.807, 2.05) is 0 Å². The molecule has 1 aromatic carbocycles. The summed E-state index contributed by atoms with van der Waals surface area (Å²) in [5.41, 5.74) is 10.3. The van der Waals surface area contributed by atoms with Crippen LogP contribution in [-0.2, 0) is 0 Å². The first kappa shape index (κ1) is 13.4. The molecular formula is C18H25N3. The Morgan fingerprint density at radius 1 is 1.29 bits per heavy atom. The van der Waals surface area contributed by atoms with Gasteiger partial charge in [0.15, 0.2) is 0 Å². The Morgan fingerprint density at radius 2 is 2.05 bits per heavy atom. The zero-order valence-corrected chi connectivity index (χ0v) is 12.8. The number of aromatic nitrogens is 1. The smallest absolute Gasteiger partial charge is 0.0458 e. The fourth-order valence-corrected chi connectivity index (χ4v) is 4.75. The van der Waals surface area contributed by atoms with Crippen LogP contribution >= 0.6 is 0 Å². The van der Waals surface area contributed by atoms with Crippen molar-refractivity contribution in [3.8, 4) is 0 Å². The second-order valence-electron chi connectivity index (χ2n) is 6.85. The van der Waals surface area contributed by atoms with Gasteiger partial charge in [0.1, 0.15) is 0 Å². The fourth-order valence-electron chi connectivity index (χ4n) is 4.75. The van der Waals surface area contributed by atoms with Gasteiger partial charge in [0.2, 0.25) is 0 Å². The van der Waals surface area contributed by atoms with Gasteiger partial charge in [-0.05, 0) is 62.9 Å². The molecule has 0 amide bonds. The van der Waals surface area contributed by atoms with Crippen LogP contribution in [0, 0.1) is 18.8 Å². The van der Waals surface area contributed by atoms with Crippen molar-refractivity contribution in [3.05, 3.63) is 35.5 Å². The summed E-state index contributed by atoms with van der Waals surface area (Å²) in [4.78, 5) is 6.19. The number of benzene rings is 1. The predicted molar refractivity (Wildman–Crippen MR) is 87.5 cm³/mol. The SMILES string of the molecule is Cc1[nH]c2ccccc2c1C(CN)C1CN2CCC1CC2. The van der Waals surface area contributed by atoms with E-state index < -0.39 is 0 Å². The van der Waals surface area contributed by atoms with Gasteiger partial charge >= 0.3 is 0 Å². The van der Waals surface area contributed by atoms with Crippen molar-refractivity contribution in [2.24, 2.45) is 17.6 Å². The molecule has 3 nitrogen and oxygen atoms in total. The van der Waals surface area contributed by atoms with Crippen molar-refractivity contribution < 1.29 is 0 Å². The lowest BCUT2D eigenvalue weighted by molar-refractivity contribution is 0.0380. The number of hydrogen-bond donors (Lipinski definition) is 2. The quantitative estimate of drug-likeness (QED) is 0.910. The molecule has 3 heteroatoms. The van der Waals surface area contributed by atoms with Crippen molar-refractivity contribution >= 4 is 10.9 Å². The molecule has 4 heterocycles. The first-order valence-electron chi connectivity index (χ1n) is 8.27. The molecule has 3 aliphatic heterocycles. The van der Waals surface area contributed by atoms with Crippen LogP contribution in [0.1, 0.15) is 30.0 Å². The number of hydrogen-bond acceptors (Lipinski definition) is 2. The number of nitrogens with zero attached hydrogens (tertiary/aromatic N) is 1. The lowest BCUT2D eigenvalue weighted by atomic mass is 9.70. The highest BCUT2D eigenvalue weighted by Gasteiger charge is 2.39. The van der Waals surface area contributed by atoms with Gasteiger partial charge in [0.25, 0.3) is 0 Å². The normalized spacial score (nSPS) is 29.9. The topological polar surface area (TPSA) is 45.1 Å². The van der Waals surface area contributed by atoms with E-state index in [4.69, 9.17) is 5.73 Å². The number of nitrogens with one attached hydrogen (secondary N) is 1. The molecular weight excluding hydrogens is 258 g/mol. The Labute approximate surface area is 126 Å². The summed E-state index contributed by atoms with van der Waals surface area (Å²) in [6.07, 6.45) is 2.73. The molecule has 0 spiro atoms. The van der Waals surface area contributed by atoms with Crippen LogP contribution in [0.3, 0.4) is 0 Å². The maximum atomic E-state index is 6.25. The zero-order chi connectivity index (χ0) is 14.4. The first-order chi connectivity index (χ1) is 10.3. The number of aromatic amines is 1. The molecule has 0 aliphatic carbocycles. The summed E-state index contributed by atoms with van der Waals surface area (Å²) in [7, 11) is 0. The Bertz CT molecular complexity index is 637. The van der Waals surface area contributed by atoms with Crippen LogP contribution in [0.15, 0.2) is 24.3 Å². The number of para-hydroxylation sites is 1. The highest BCUT2D eigenvalue weighted by molar-refractivity contribution is 5.85. The van der Waals surface area contributed by atoms with Gasteiger partial charge in [-0.2, -0.15) is 0 Å². The summed E-state index contributed by atoms with van der Waals surface area (Å²) in [5, 5.41) is 1.38. The van der Waals surface area contributed by atoms with Crippen LogP contribution < -0.4 is 5.73 Å². The summed E-state index contributed by atoms with van der Waals surface area (Å²) < 4.78 is 0. The summed E-state index contributed by atoms with van der Waals surface area (Å²) >= 11 is 0. The molecule has 5 rings (SSSR count). The van der Waals surface area contributed by atoms with Gasteiger partial charge in [-0.15, -0.1) is 0 Å². The predicted octanol–water partition coefficient (Wildman–Crippen LogP) is 2.86. The molecule has 0 radical (unpaired) electrons. The van der Waals surface area contributed by atoms with Crippen LogP contribution in [0.25, 0.3) is 10.9 Å². The summed E-state index contributed by atoms with van der Waals surface area (Å²) in [6.45, 7) is 6.80. The number of rotatable bonds is 3. The number of piperidine rings is 3. The maximum Gasteiger partial charge on any atom is 0.0458 e. The van der Waals surface area contributed by atoms with Crippen molar-refractivity contribution in [2.75, 3.05) is 26.2 Å². The van der Waals surface area contributed by atoms with Crippen molar-refractivity contribution in [1.29, 1.82) is 0 Å². The van der Waals surface area contributed by atoms with Crippen LogP contribution in [0.5, 0.6) is 0 Å². The van der Waals surface area contributed by atoms with Gasteiger partial charge < -0.3 is 15.6 Å². The van der Waals surface area contributed by atoms with E-state index in [0.29, 0.717) is 5.92 Å². The molecule has 3 aliphatic rings. The second kappa shape index (κ2) is 5.15. The van der Waals surface area contributed by atoms with E-state index in [-0.39, 0.29) is 0 Å². The van der Waals surface area contributed by atoms with Crippen molar-refractivity contribution in [3.63, 3.8) is 0 Å². The average Bonchev–Trinajstić information content (AvgIpc) is 2.86. The van der Waals surface area contributed by atoms with E-state index in [2.05, 4.69) is 41.1 Å². The lowest BCUT2D eigenvalue weighted by Gasteiger charge is -2.47. The molecule has 3 fully saturated rings. The Kier molecular flexibility index (Phi) is 3.27. The number of nitrogens with two attached hydrogens (primary N) is 1. The maximum absolute atomic E-state index is 6.25. The van der Waals surface area contributed by atoms with Crippen LogP contribution in [-0.4, -0.2) is 36.1 Å². The van der Waals surface area contributed by atoms with E-state index in [1.165, 1.54) is 54.6 Å². The molecule has 112 valence electrons. The minimum absolute atomic E-state index is 0.495. The molecule has 1 aromatic heterocycles. The standard InChI is InChI=1S/C18H25N3/c1-12-18(14-4-2-3-5-17(14)20-12)15(10-19)16-11-21-8-6-13(16)7-9-21/h2-5,13,15-16,20H,6-11,19H2,1H3. The molecule has 21 heavy (non-hydrogen) atoms. The van der Waals surface area contributed by atoms with Gasteiger partial charge in [0, 0.05) is 29.1 Å². The largest absolute Gasteiger partial charge is 0.358 e. The van der Waals surface area contributed by atoms with Crippen molar-refractivity contribution in [2.45, 2.75) is 25.7 Å². The molecule has 2 aromatic rings. The Hall–Kier alpha value is -1.32. The molecule has 0 saturated carbocycles. The zero-order valence-electron chi connectivity index (χ0n) is 12.8. The summed E-state index contributed by atoms with van der Waals surface area (Å²) in [6, 6.07) is 8.67. The average molecular weight is 283 g/mol. The highest BCUT2D eigenvalue weighted by atomic mass is 15.1. The fraction of sp³-hybridized carbons (Fsp3) is 0.556. The molecule has 3 N–H and O–H groups in total. The number of fused-ring (bicyclic) bond motifs is 4. The third kappa shape index (κ3) is 2.11. The van der Waals surface area contributed by atoms with Gasteiger partial charge in [-0.3, -0.25) is 0 Å². The van der Waals surface area contributed by atoms with Crippen LogP contribution in [0.4, 0.5) is 0 Å². The Balaban J connectivity index is 1.76.